The summed E-state index contributed by atoms with van der Waals surface area (Å²) in [6, 6.07) is 17.2. The molecule has 0 radical (unpaired) electrons. The van der Waals surface area contributed by atoms with Crippen molar-refractivity contribution in [2.45, 2.75) is 31.3 Å². The number of nitrogens with zero attached hydrogens (tertiary/aromatic N) is 3. The normalized spacial score (nSPS) is 19.4. The number of carbonyl (C=O) groups excluding carboxylic acids is 1. The number of morpholine rings is 1. The number of allylic oxidation sites excluding steroid dienone is 1. The van der Waals surface area contributed by atoms with Crippen LogP contribution in [0.2, 0.25) is 5.02 Å². The third-order valence-corrected chi connectivity index (χ3v) is 8.65. The molecule has 3 aliphatic heterocycles. The molecule has 3 aliphatic rings. The second-order valence-electron chi connectivity index (χ2n) is 11.0. The predicted molar refractivity (Wildman–Crippen MR) is 161 cm³/mol. The van der Waals surface area contributed by atoms with Crippen LogP contribution in [-0.4, -0.2) is 78.3 Å². The van der Waals surface area contributed by atoms with Crippen molar-refractivity contribution in [2.75, 3.05) is 52.5 Å². The Kier molecular flexibility index (Phi) is 8.76. The zero-order chi connectivity index (χ0) is 28.9. The summed E-state index contributed by atoms with van der Waals surface area (Å²) in [5.41, 5.74) is 3.09. The first-order valence-electron chi connectivity index (χ1n) is 14.6. The first-order chi connectivity index (χ1) is 20.5. The lowest BCUT2D eigenvalue weighted by Crippen LogP contribution is -2.43. The van der Waals surface area contributed by atoms with Crippen molar-refractivity contribution in [2.24, 2.45) is 0 Å². The minimum atomic E-state index is -0.813. The van der Waals surface area contributed by atoms with Crippen molar-refractivity contribution in [3.63, 3.8) is 0 Å². The Morgan fingerprint density at radius 2 is 1.83 bits per heavy atom. The van der Waals surface area contributed by atoms with E-state index < -0.39 is 5.60 Å². The van der Waals surface area contributed by atoms with E-state index in [1.165, 1.54) is 0 Å². The number of ether oxygens (including phenoxy) is 3. The molecule has 2 saturated heterocycles. The van der Waals surface area contributed by atoms with Crippen LogP contribution < -0.4 is 9.47 Å². The van der Waals surface area contributed by atoms with E-state index in [1.54, 1.807) is 11.1 Å². The summed E-state index contributed by atoms with van der Waals surface area (Å²) < 4.78 is 17.7. The van der Waals surface area contributed by atoms with Crippen molar-refractivity contribution in [3.05, 3.63) is 88.6 Å². The Bertz CT molecular complexity index is 1430. The Balaban J connectivity index is 1.13. The van der Waals surface area contributed by atoms with Gasteiger partial charge in [-0.25, -0.2) is 4.98 Å². The molecule has 4 heterocycles. The van der Waals surface area contributed by atoms with E-state index in [-0.39, 0.29) is 12.5 Å². The first-order valence-corrected chi connectivity index (χ1v) is 15.0. The predicted octanol–water partition coefficient (Wildman–Crippen LogP) is 5.08. The van der Waals surface area contributed by atoms with Crippen molar-refractivity contribution in [3.8, 4) is 17.4 Å². The average Bonchev–Trinajstić information content (AvgIpc) is 3.18. The van der Waals surface area contributed by atoms with Crippen LogP contribution >= 0.6 is 11.6 Å². The fourth-order valence-corrected chi connectivity index (χ4v) is 6.03. The Labute approximate surface area is 251 Å². The molecular weight excluding hydrogens is 554 g/mol. The molecule has 1 N–H and O–H groups in total. The number of aliphatic hydroxyl groups is 1. The van der Waals surface area contributed by atoms with Crippen LogP contribution in [0.3, 0.4) is 0 Å². The standard InChI is InChI=1S/C33H36ClN3O5/c34-26-10-8-25(9-11-26)33(39)12-16-36(17-13-33)15-3-4-24-22-28-29(41-23-31(38)37-18-20-40-21-19-37)6-1-7-30(28)42-32-27(24)5-2-14-35-32/h1-2,4-11,14,39H,3,12-13,15-23H2/b24-4-. The number of piperidine rings is 1. The van der Waals surface area contributed by atoms with Gasteiger partial charge < -0.3 is 29.1 Å². The zero-order valence-corrected chi connectivity index (χ0v) is 24.4. The number of halogens is 1. The molecule has 6 rings (SSSR count). The third kappa shape index (κ3) is 6.47. The van der Waals surface area contributed by atoms with E-state index in [0.717, 1.165) is 48.3 Å². The van der Waals surface area contributed by atoms with Gasteiger partial charge in [-0.05, 0) is 66.8 Å². The summed E-state index contributed by atoms with van der Waals surface area (Å²) in [7, 11) is 0. The second kappa shape index (κ2) is 12.8. The molecule has 0 spiro atoms. The molecule has 8 nitrogen and oxygen atoms in total. The molecule has 9 heteroatoms. The maximum atomic E-state index is 12.7. The second-order valence-corrected chi connectivity index (χ2v) is 11.5. The molecule has 0 unspecified atom stereocenters. The van der Waals surface area contributed by atoms with Gasteiger partial charge >= 0.3 is 0 Å². The lowest BCUT2D eigenvalue weighted by atomic mass is 9.84. The van der Waals surface area contributed by atoms with Gasteiger partial charge in [0.25, 0.3) is 5.91 Å². The number of carbonyl (C=O) groups is 1. The van der Waals surface area contributed by atoms with Crippen LogP contribution in [0.4, 0.5) is 0 Å². The lowest BCUT2D eigenvalue weighted by Gasteiger charge is -2.38. The highest BCUT2D eigenvalue weighted by Gasteiger charge is 2.33. The maximum Gasteiger partial charge on any atom is 0.260 e. The third-order valence-electron chi connectivity index (χ3n) is 8.40. The molecule has 220 valence electrons. The van der Waals surface area contributed by atoms with E-state index >= 15 is 0 Å². The van der Waals surface area contributed by atoms with Crippen LogP contribution in [0.15, 0.2) is 66.9 Å². The SMILES string of the molecule is O=C(COc1cccc2c1C/C(=C/CCN1CCC(O)(c3ccc(Cl)cc3)CC1)c1cccnc1O2)N1CCOCC1. The minimum Gasteiger partial charge on any atom is -0.483 e. The fraction of sp³-hybridized carbons (Fsp3) is 0.394. The number of rotatable bonds is 7. The molecule has 42 heavy (non-hydrogen) atoms. The smallest absolute Gasteiger partial charge is 0.260 e. The number of benzene rings is 2. The van der Waals surface area contributed by atoms with Crippen molar-refractivity contribution < 1.29 is 24.1 Å². The van der Waals surface area contributed by atoms with Crippen molar-refractivity contribution in [1.29, 1.82) is 0 Å². The minimum absolute atomic E-state index is 0.0297. The molecule has 2 fully saturated rings. The summed E-state index contributed by atoms with van der Waals surface area (Å²) in [5, 5.41) is 11.9. The van der Waals surface area contributed by atoms with Crippen LogP contribution in [0.1, 0.15) is 36.0 Å². The van der Waals surface area contributed by atoms with E-state index in [4.69, 9.17) is 25.8 Å². The van der Waals surface area contributed by atoms with E-state index in [9.17, 15) is 9.90 Å². The zero-order valence-electron chi connectivity index (χ0n) is 23.6. The number of fused-ring (bicyclic) bond motifs is 2. The molecule has 0 atom stereocenters. The van der Waals surface area contributed by atoms with Gasteiger partial charge in [-0.3, -0.25) is 4.79 Å². The first kappa shape index (κ1) is 28.7. The monoisotopic (exact) mass is 589 g/mol. The van der Waals surface area contributed by atoms with Gasteiger partial charge in [0, 0.05) is 61.5 Å². The number of hydrogen-bond donors (Lipinski definition) is 1. The van der Waals surface area contributed by atoms with E-state index in [1.807, 2.05) is 54.6 Å². The van der Waals surface area contributed by atoms with Crippen LogP contribution in [0, 0.1) is 0 Å². The van der Waals surface area contributed by atoms with Crippen molar-refractivity contribution in [1.82, 2.24) is 14.8 Å². The Morgan fingerprint density at radius 1 is 1.05 bits per heavy atom. The van der Waals surface area contributed by atoms with Gasteiger partial charge in [0.1, 0.15) is 11.5 Å². The summed E-state index contributed by atoms with van der Waals surface area (Å²) in [6.45, 7) is 4.78. The van der Waals surface area contributed by atoms with Gasteiger partial charge in [-0.15, -0.1) is 0 Å². The molecule has 3 aromatic rings. The lowest BCUT2D eigenvalue weighted by molar-refractivity contribution is -0.137. The Morgan fingerprint density at radius 3 is 2.62 bits per heavy atom. The topological polar surface area (TPSA) is 84.4 Å². The number of hydrogen-bond acceptors (Lipinski definition) is 7. The largest absolute Gasteiger partial charge is 0.483 e. The number of pyridine rings is 1. The number of amides is 1. The van der Waals surface area contributed by atoms with Gasteiger partial charge in [-0.1, -0.05) is 35.9 Å². The summed E-state index contributed by atoms with van der Waals surface area (Å²) in [5.74, 6) is 1.85. The van der Waals surface area contributed by atoms with Crippen LogP contribution in [-0.2, 0) is 21.6 Å². The van der Waals surface area contributed by atoms with Crippen molar-refractivity contribution >= 4 is 23.1 Å². The van der Waals surface area contributed by atoms with Gasteiger partial charge in [-0.2, -0.15) is 0 Å². The quantitative estimate of drug-likeness (QED) is 0.411. The maximum absolute atomic E-state index is 12.7. The molecule has 2 aromatic carbocycles. The average molecular weight is 590 g/mol. The Hall–Kier alpha value is -3.43. The molecule has 1 amide bonds. The molecular formula is C33H36ClN3O5. The summed E-state index contributed by atoms with van der Waals surface area (Å²) >= 11 is 6.04. The van der Waals surface area contributed by atoms with Gasteiger partial charge in [0.05, 0.1) is 18.8 Å². The van der Waals surface area contributed by atoms with E-state index in [0.29, 0.717) is 68.0 Å². The van der Waals surface area contributed by atoms with Gasteiger partial charge in [0.2, 0.25) is 5.88 Å². The highest BCUT2D eigenvalue weighted by Crippen LogP contribution is 2.41. The summed E-state index contributed by atoms with van der Waals surface area (Å²) in [6.07, 6.45) is 6.81. The highest BCUT2D eigenvalue weighted by atomic mass is 35.5. The highest BCUT2D eigenvalue weighted by molar-refractivity contribution is 6.30. The van der Waals surface area contributed by atoms with Gasteiger partial charge in [0.15, 0.2) is 6.61 Å². The van der Waals surface area contributed by atoms with Crippen LogP contribution in [0.25, 0.3) is 5.57 Å². The number of likely N-dealkylation sites (tertiary alicyclic amines) is 1. The summed E-state index contributed by atoms with van der Waals surface area (Å²) in [4.78, 5) is 21.4. The van der Waals surface area contributed by atoms with E-state index in [2.05, 4.69) is 16.0 Å². The molecule has 0 bridgehead atoms. The molecule has 0 aliphatic carbocycles. The van der Waals surface area contributed by atoms with Crippen LogP contribution in [0.5, 0.6) is 17.4 Å². The fourth-order valence-electron chi connectivity index (χ4n) is 5.90. The number of aromatic nitrogens is 1. The molecule has 1 aromatic heterocycles. The molecule has 0 saturated carbocycles.